The molecule has 0 atom stereocenters. The minimum absolute atomic E-state index is 0.0935. The van der Waals surface area contributed by atoms with Gasteiger partial charge in [0.2, 0.25) is 0 Å². The van der Waals surface area contributed by atoms with Crippen LogP contribution >= 0.6 is 15.9 Å². The number of benzene rings is 1. The van der Waals surface area contributed by atoms with Crippen LogP contribution in [0.15, 0.2) is 39.7 Å². The molecule has 0 amide bonds. The molecule has 1 aromatic carbocycles. The normalized spacial score (nSPS) is 10.4. The molecule has 0 unspecified atom stereocenters. The SMILES string of the molecule is Cc1ncc(Br)c(=O)n1CC(=O)c1ccc([N+](=O)[O-])cc1. The van der Waals surface area contributed by atoms with E-state index in [9.17, 15) is 19.7 Å². The Hall–Kier alpha value is -2.35. The molecule has 0 saturated carbocycles. The Morgan fingerprint density at radius 2 is 2.00 bits per heavy atom. The van der Waals surface area contributed by atoms with Gasteiger partial charge in [0.25, 0.3) is 11.2 Å². The van der Waals surface area contributed by atoms with Gasteiger partial charge in [-0.25, -0.2) is 4.98 Å². The van der Waals surface area contributed by atoms with Gasteiger partial charge in [0, 0.05) is 23.9 Å². The second kappa shape index (κ2) is 5.96. The summed E-state index contributed by atoms with van der Waals surface area (Å²) < 4.78 is 1.51. The standard InChI is InChI=1S/C13H10BrN3O4/c1-8-15-6-11(14)13(19)16(8)7-12(18)9-2-4-10(5-3-9)17(20)21/h2-6H,7H2,1H3. The van der Waals surface area contributed by atoms with Crippen LogP contribution in [0.5, 0.6) is 0 Å². The van der Waals surface area contributed by atoms with E-state index in [1.165, 1.54) is 35.0 Å². The van der Waals surface area contributed by atoms with Crippen molar-refractivity contribution >= 4 is 27.4 Å². The molecule has 1 heterocycles. The van der Waals surface area contributed by atoms with Crippen LogP contribution in [0.2, 0.25) is 0 Å². The summed E-state index contributed by atoms with van der Waals surface area (Å²) in [6.07, 6.45) is 1.38. The van der Waals surface area contributed by atoms with Crippen molar-refractivity contribution in [1.29, 1.82) is 0 Å². The molecule has 0 spiro atoms. The van der Waals surface area contributed by atoms with Gasteiger partial charge in [-0.2, -0.15) is 0 Å². The zero-order valence-electron chi connectivity index (χ0n) is 10.9. The number of nitrogens with zero attached hydrogens (tertiary/aromatic N) is 3. The third-order valence-electron chi connectivity index (χ3n) is 2.91. The van der Waals surface area contributed by atoms with Crippen LogP contribution in [0.25, 0.3) is 0 Å². The molecule has 0 fully saturated rings. The smallest absolute Gasteiger partial charge is 0.269 e. The number of carbonyl (C=O) groups is 1. The van der Waals surface area contributed by atoms with Crippen LogP contribution in [0.1, 0.15) is 16.2 Å². The van der Waals surface area contributed by atoms with Crippen LogP contribution in [-0.4, -0.2) is 20.3 Å². The Labute approximate surface area is 127 Å². The van der Waals surface area contributed by atoms with Gasteiger partial charge in [0.05, 0.1) is 11.5 Å². The number of non-ortho nitro benzene ring substituents is 1. The second-order valence-electron chi connectivity index (χ2n) is 4.27. The lowest BCUT2D eigenvalue weighted by atomic mass is 10.1. The number of aromatic nitrogens is 2. The van der Waals surface area contributed by atoms with Gasteiger partial charge in [-0.15, -0.1) is 0 Å². The lowest BCUT2D eigenvalue weighted by molar-refractivity contribution is -0.384. The van der Waals surface area contributed by atoms with E-state index in [0.29, 0.717) is 11.4 Å². The summed E-state index contributed by atoms with van der Waals surface area (Å²) in [7, 11) is 0. The third kappa shape index (κ3) is 3.22. The fourth-order valence-electron chi connectivity index (χ4n) is 1.74. The maximum atomic E-state index is 12.1. The number of halogens is 1. The number of hydrogen-bond acceptors (Lipinski definition) is 5. The van der Waals surface area contributed by atoms with Crippen molar-refractivity contribution in [3.05, 3.63) is 66.8 Å². The molecule has 0 aliphatic heterocycles. The summed E-state index contributed by atoms with van der Waals surface area (Å²) in [5.74, 6) is 0.0912. The van der Waals surface area contributed by atoms with E-state index >= 15 is 0 Å². The summed E-state index contributed by atoms with van der Waals surface area (Å²) >= 11 is 3.07. The maximum Gasteiger partial charge on any atom is 0.269 e. The van der Waals surface area contributed by atoms with Gasteiger partial charge < -0.3 is 0 Å². The molecule has 1 aromatic heterocycles. The number of ketones is 1. The van der Waals surface area contributed by atoms with Crippen molar-refractivity contribution in [2.45, 2.75) is 13.5 Å². The van der Waals surface area contributed by atoms with Crippen molar-refractivity contribution in [3.63, 3.8) is 0 Å². The highest BCUT2D eigenvalue weighted by molar-refractivity contribution is 9.10. The molecule has 0 aliphatic carbocycles. The average molecular weight is 352 g/mol. The average Bonchev–Trinajstić information content (AvgIpc) is 2.47. The summed E-state index contributed by atoms with van der Waals surface area (Å²) in [6.45, 7) is 1.45. The molecule has 0 saturated heterocycles. The van der Waals surface area contributed by atoms with E-state index in [-0.39, 0.29) is 28.0 Å². The predicted molar refractivity (Wildman–Crippen MR) is 78.4 cm³/mol. The van der Waals surface area contributed by atoms with Gasteiger partial charge in [-0.3, -0.25) is 24.3 Å². The molecule has 0 radical (unpaired) electrons. The van der Waals surface area contributed by atoms with E-state index in [1.54, 1.807) is 6.92 Å². The fraction of sp³-hybridized carbons (Fsp3) is 0.154. The fourth-order valence-corrected chi connectivity index (χ4v) is 2.06. The van der Waals surface area contributed by atoms with Crippen LogP contribution in [0.3, 0.4) is 0 Å². The number of rotatable bonds is 4. The molecular weight excluding hydrogens is 342 g/mol. The van der Waals surface area contributed by atoms with Crippen molar-refractivity contribution in [2.24, 2.45) is 0 Å². The van der Waals surface area contributed by atoms with Gasteiger partial charge in [-0.05, 0) is 35.0 Å². The van der Waals surface area contributed by atoms with Crippen molar-refractivity contribution in [2.75, 3.05) is 0 Å². The number of aryl methyl sites for hydroxylation is 1. The van der Waals surface area contributed by atoms with E-state index in [2.05, 4.69) is 20.9 Å². The monoisotopic (exact) mass is 351 g/mol. The molecule has 21 heavy (non-hydrogen) atoms. The zero-order chi connectivity index (χ0) is 15.6. The molecule has 0 N–H and O–H groups in total. The van der Waals surface area contributed by atoms with E-state index < -0.39 is 4.92 Å². The Morgan fingerprint density at radius 3 is 2.57 bits per heavy atom. The van der Waals surface area contributed by atoms with Crippen LogP contribution < -0.4 is 5.56 Å². The first kappa shape index (κ1) is 15.0. The molecule has 108 valence electrons. The van der Waals surface area contributed by atoms with E-state index in [0.717, 1.165) is 0 Å². The Morgan fingerprint density at radius 1 is 1.38 bits per heavy atom. The highest BCUT2D eigenvalue weighted by Gasteiger charge is 2.13. The number of nitro benzene ring substituents is 1. The quantitative estimate of drug-likeness (QED) is 0.477. The molecule has 0 bridgehead atoms. The highest BCUT2D eigenvalue weighted by atomic mass is 79.9. The second-order valence-corrected chi connectivity index (χ2v) is 5.13. The molecule has 0 aliphatic rings. The van der Waals surface area contributed by atoms with Gasteiger partial charge >= 0.3 is 0 Å². The van der Waals surface area contributed by atoms with Crippen molar-refractivity contribution in [3.8, 4) is 0 Å². The minimum Gasteiger partial charge on any atom is -0.292 e. The molecule has 8 heteroatoms. The van der Waals surface area contributed by atoms with Gasteiger partial charge in [-0.1, -0.05) is 0 Å². The summed E-state index contributed by atoms with van der Waals surface area (Å²) in [4.78, 5) is 38.1. The largest absolute Gasteiger partial charge is 0.292 e. The topological polar surface area (TPSA) is 95.1 Å². The van der Waals surface area contributed by atoms with Crippen LogP contribution in [0.4, 0.5) is 5.69 Å². The van der Waals surface area contributed by atoms with Crippen molar-refractivity contribution < 1.29 is 9.72 Å². The Bertz CT molecular complexity index is 768. The number of carbonyl (C=O) groups excluding carboxylic acids is 1. The van der Waals surface area contributed by atoms with Crippen LogP contribution in [0, 0.1) is 17.0 Å². The maximum absolute atomic E-state index is 12.1. The molecule has 2 rings (SSSR count). The summed E-state index contributed by atoms with van der Waals surface area (Å²) in [5, 5.41) is 10.6. The number of hydrogen-bond donors (Lipinski definition) is 0. The zero-order valence-corrected chi connectivity index (χ0v) is 12.5. The minimum atomic E-state index is -0.541. The first-order chi connectivity index (χ1) is 9.90. The number of Topliss-reactive ketones (excluding diaryl/α,β-unsaturated/α-hetero) is 1. The predicted octanol–water partition coefficient (Wildman–Crippen LogP) is 2.11. The van der Waals surface area contributed by atoms with Crippen molar-refractivity contribution in [1.82, 2.24) is 9.55 Å². The van der Waals surface area contributed by atoms with E-state index in [1.807, 2.05) is 0 Å². The Balaban J connectivity index is 2.28. The van der Waals surface area contributed by atoms with Gasteiger partial charge in [0.1, 0.15) is 10.3 Å². The highest BCUT2D eigenvalue weighted by Crippen LogP contribution is 2.13. The molecular formula is C13H10BrN3O4. The lowest BCUT2D eigenvalue weighted by Crippen LogP contribution is -2.27. The van der Waals surface area contributed by atoms with Gasteiger partial charge in [0.15, 0.2) is 5.78 Å². The molecule has 7 nitrogen and oxygen atoms in total. The lowest BCUT2D eigenvalue weighted by Gasteiger charge is -2.08. The first-order valence-corrected chi connectivity index (χ1v) is 6.69. The summed E-state index contributed by atoms with van der Waals surface area (Å²) in [6, 6.07) is 5.24. The Kier molecular flexibility index (Phi) is 4.27. The molecule has 2 aromatic rings. The third-order valence-corrected chi connectivity index (χ3v) is 3.45. The number of nitro groups is 1. The van der Waals surface area contributed by atoms with Crippen LogP contribution in [-0.2, 0) is 6.54 Å². The summed E-state index contributed by atoms with van der Waals surface area (Å²) in [5.41, 5.74) is -0.145. The van der Waals surface area contributed by atoms with E-state index in [4.69, 9.17) is 0 Å². The first-order valence-electron chi connectivity index (χ1n) is 5.89.